The van der Waals surface area contributed by atoms with Crippen LogP contribution in [0.4, 0.5) is 5.82 Å². The van der Waals surface area contributed by atoms with Crippen LogP contribution in [0.1, 0.15) is 25.5 Å². The van der Waals surface area contributed by atoms with Gasteiger partial charge < -0.3 is 5.32 Å². The van der Waals surface area contributed by atoms with Crippen LogP contribution in [0.5, 0.6) is 0 Å². The van der Waals surface area contributed by atoms with E-state index in [4.69, 9.17) is 0 Å². The van der Waals surface area contributed by atoms with Crippen molar-refractivity contribution in [2.75, 3.05) is 18.4 Å². The van der Waals surface area contributed by atoms with Crippen molar-refractivity contribution >= 4 is 32.8 Å². The van der Waals surface area contributed by atoms with E-state index in [-0.39, 0.29) is 5.91 Å². The fourth-order valence-electron chi connectivity index (χ4n) is 3.59. The fourth-order valence-corrected chi connectivity index (χ4v) is 5.23. The van der Waals surface area contributed by atoms with Gasteiger partial charge in [-0.2, -0.15) is 12.7 Å². The Labute approximate surface area is 163 Å². The van der Waals surface area contributed by atoms with Gasteiger partial charge in [-0.05, 0) is 43.5 Å². The van der Waals surface area contributed by atoms with Crippen molar-refractivity contribution in [1.82, 2.24) is 18.2 Å². The summed E-state index contributed by atoms with van der Waals surface area (Å²) in [5, 5.41) is 3.45. The van der Waals surface area contributed by atoms with Crippen molar-refractivity contribution in [3.63, 3.8) is 0 Å². The molecule has 1 fully saturated rings. The molecule has 0 aromatic carbocycles. The Morgan fingerprint density at radius 1 is 1.18 bits per heavy atom. The van der Waals surface area contributed by atoms with E-state index in [1.54, 1.807) is 37.6 Å². The number of hydrogen-bond donors (Lipinski definition) is 1. The summed E-state index contributed by atoms with van der Waals surface area (Å²) in [7, 11) is -3.63. The Hall–Kier alpha value is -2.78. The second kappa shape index (κ2) is 6.99. The Kier molecular flexibility index (Phi) is 4.64. The Morgan fingerprint density at radius 2 is 1.93 bits per heavy atom. The number of aryl methyl sites for hydroxylation is 1. The highest BCUT2D eigenvalue weighted by molar-refractivity contribution is 7.87. The summed E-state index contributed by atoms with van der Waals surface area (Å²) in [5.41, 5.74) is 2.79. The number of fused-ring (bicyclic) bond motifs is 1. The normalized spacial score (nSPS) is 15.2. The minimum Gasteiger partial charge on any atom is -0.311 e. The van der Waals surface area contributed by atoms with Crippen LogP contribution in [0.2, 0.25) is 0 Å². The number of carbonyl (C=O) groups excluding carboxylic acids is 1. The van der Waals surface area contributed by atoms with Crippen LogP contribution in [-0.4, -0.2) is 45.7 Å². The monoisotopic (exact) mass is 399 g/mol. The number of nitrogens with one attached hydrogen (secondary N) is 1. The SMILES string of the molecule is CC(=O)Nc1cc(-c2cnc(C)c3c2ccn3S(=O)(=O)N2CCCC2)ccn1. The summed E-state index contributed by atoms with van der Waals surface area (Å²) >= 11 is 0. The maximum atomic E-state index is 13.1. The first kappa shape index (κ1) is 18.6. The van der Waals surface area contributed by atoms with Crippen molar-refractivity contribution in [2.24, 2.45) is 0 Å². The average molecular weight is 399 g/mol. The van der Waals surface area contributed by atoms with E-state index in [1.165, 1.54) is 15.2 Å². The Balaban J connectivity index is 1.86. The summed E-state index contributed by atoms with van der Waals surface area (Å²) < 4.78 is 29.0. The third-order valence-electron chi connectivity index (χ3n) is 4.89. The summed E-state index contributed by atoms with van der Waals surface area (Å²) in [6.45, 7) is 4.30. The molecule has 28 heavy (non-hydrogen) atoms. The van der Waals surface area contributed by atoms with E-state index in [1.807, 2.05) is 6.07 Å². The van der Waals surface area contributed by atoms with Gasteiger partial charge in [0.05, 0.1) is 11.2 Å². The molecule has 146 valence electrons. The van der Waals surface area contributed by atoms with Crippen LogP contribution >= 0.6 is 0 Å². The van der Waals surface area contributed by atoms with Gasteiger partial charge in [0.15, 0.2) is 0 Å². The van der Waals surface area contributed by atoms with Crippen molar-refractivity contribution in [2.45, 2.75) is 26.7 Å². The number of hydrogen-bond acceptors (Lipinski definition) is 5. The van der Waals surface area contributed by atoms with E-state index < -0.39 is 10.2 Å². The smallest absolute Gasteiger partial charge is 0.308 e. The first-order valence-corrected chi connectivity index (χ1v) is 10.5. The molecule has 0 bridgehead atoms. The topological polar surface area (TPSA) is 97.2 Å². The standard InChI is InChI=1S/C19H21N5O3S/c1-13-19-16(6-10-24(19)28(26,27)23-8-3-4-9-23)17(12-21-13)15-5-7-20-18(11-15)22-14(2)25/h5-7,10-12H,3-4,8-9H2,1-2H3,(H,20,22,25). The summed E-state index contributed by atoms with van der Waals surface area (Å²) in [6, 6.07) is 5.36. The van der Waals surface area contributed by atoms with E-state index in [9.17, 15) is 13.2 Å². The molecular weight excluding hydrogens is 378 g/mol. The van der Waals surface area contributed by atoms with Crippen LogP contribution in [0, 0.1) is 6.92 Å². The number of aromatic nitrogens is 3. The molecule has 1 aliphatic heterocycles. The molecule has 1 saturated heterocycles. The van der Waals surface area contributed by atoms with Crippen molar-refractivity contribution in [3.05, 3.63) is 42.5 Å². The lowest BCUT2D eigenvalue weighted by molar-refractivity contribution is -0.114. The number of amides is 1. The zero-order valence-electron chi connectivity index (χ0n) is 15.7. The number of carbonyl (C=O) groups is 1. The number of pyridine rings is 2. The number of anilines is 1. The van der Waals surface area contributed by atoms with Crippen molar-refractivity contribution < 1.29 is 13.2 Å². The highest BCUT2D eigenvalue weighted by Gasteiger charge is 2.29. The van der Waals surface area contributed by atoms with Gasteiger partial charge in [0.1, 0.15) is 5.82 Å². The number of rotatable bonds is 4. The molecule has 9 heteroatoms. The Bertz CT molecular complexity index is 1160. The van der Waals surface area contributed by atoms with E-state index in [0.29, 0.717) is 30.1 Å². The molecule has 0 aliphatic carbocycles. The van der Waals surface area contributed by atoms with Crippen LogP contribution in [0.3, 0.4) is 0 Å². The molecule has 1 aliphatic rings. The van der Waals surface area contributed by atoms with Gasteiger partial charge in [-0.15, -0.1) is 0 Å². The van der Waals surface area contributed by atoms with Gasteiger partial charge in [0, 0.05) is 49.6 Å². The predicted octanol–water partition coefficient (Wildman–Crippen LogP) is 2.55. The molecule has 1 amide bonds. The third kappa shape index (κ3) is 3.16. The molecule has 3 aromatic rings. The molecule has 0 saturated carbocycles. The largest absolute Gasteiger partial charge is 0.311 e. The predicted molar refractivity (Wildman–Crippen MR) is 107 cm³/mol. The van der Waals surface area contributed by atoms with Gasteiger partial charge in [-0.25, -0.2) is 8.96 Å². The fraction of sp³-hybridized carbons (Fsp3) is 0.316. The van der Waals surface area contributed by atoms with Gasteiger partial charge in [0.2, 0.25) is 5.91 Å². The first-order chi connectivity index (χ1) is 13.4. The molecule has 3 aromatic heterocycles. The Morgan fingerprint density at radius 3 is 2.64 bits per heavy atom. The van der Waals surface area contributed by atoms with Gasteiger partial charge in [0.25, 0.3) is 0 Å². The molecule has 0 unspecified atom stereocenters. The zero-order chi connectivity index (χ0) is 19.9. The van der Waals surface area contributed by atoms with E-state index in [2.05, 4.69) is 15.3 Å². The highest BCUT2D eigenvalue weighted by atomic mass is 32.2. The zero-order valence-corrected chi connectivity index (χ0v) is 16.5. The average Bonchev–Trinajstić information content (AvgIpc) is 3.33. The van der Waals surface area contributed by atoms with Crippen molar-refractivity contribution in [3.8, 4) is 11.1 Å². The van der Waals surface area contributed by atoms with Crippen LogP contribution < -0.4 is 5.32 Å². The molecule has 4 rings (SSSR count). The quantitative estimate of drug-likeness (QED) is 0.727. The minimum absolute atomic E-state index is 0.209. The lowest BCUT2D eigenvalue weighted by Gasteiger charge is -2.17. The van der Waals surface area contributed by atoms with Gasteiger partial charge >= 0.3 is 10.2 Å². The first-order valence-electron chi connectivity index (χ1n) is 9.09. The lowest BCUT2D eigenvalue weighted by Crippen LogP contribution is -2.32. The molecule has 0 spiro atoms. The molecule has 0 atom stereocenters. The summed E-state index contributed by atoms with van der Waals surface area (Å²) in [4.78, 5) is 19.9. The molecular formula is C19H21N5O3S. The van der Waals surface area contributed by atoms with E-state index >= 15 is 0 Å². The van der Waals surface area contributed by atoms with Gasteiger partial charge in [-0.3, -0.25) is 9.78 Å². The molecule has 8 nitrogen and oxygen atoms in total. The minimum atomic E-state index is -3.63. The molecule has 1 N–H and O–H groups in total. The maximum absolute atomic E-state index is 13.1. The van der Waals surface area contributed by atoms with Crippen LogP contribution in [-0.2, 0) is 15.0 Å². The molecule has 4 heterocycles. The number of nitrogens with zero attached hydrogens (tertiary/aromatic N) is 4. The third-order valence-corrected chi connectivity index (χ3v) is 6.71. The van der Waals surface area contributed by atoms with Crippen LogP contribution in [0.15, 0.2) is 36.8 Å². The second-order valence-electron chi connectivity index (χ2n) is 6.86. The maximum Gasteiger partial charge on any atom is 0.308 e. The summed E-state index contributed by atoms with van der Waals surface area (Å²) in [5.74, 6) is 0.225. The van der Waals surface area contributed by atoms with Crippen molar-refractivity contribution in [1.29, 1.82) is 0 Å². The molecule has 0 radical (unpaired) electrons. The van der Waals surface area contributed by atoms with Crippen LogP contribution in [0.25, 0.3) is 22.0 Å². The second-order valence-corrected chi connectivity index (χ2v) is 8.66. The highest BCUT2D eigenvalue weighted by Crippen LogP contribution is 2.32. The summed E-state index contributed by atoms with van der Waals surface area (Å²) in [6.07, 6.45) is 6.67. The lowest BCUT2D eigenvalue weighted by atomic mass is 10.0. The van der Waals surface area contributed by atoms with E-state index in [0.717, 1.165) is 29.4 Å². The van der Waals surface area contributed by atoms with Gasteiger partial charge in [-0.1, -0.05) is 0 Å².